The summed E-state index contributed by atoms with van der Waals surface area (Å²) in [5.74, 6) is 0.561. The number of aryl methyl sites for hydroxylation is 2. The molecule has 2 N–H and O–H groups in total. The van der Waals surface area contributed by atoms with Crippen molar-refractivity contribution in [3.63, 3.8) is 0 Å². The number of rotatable bonds is 3. The summed E-state index contributed by atoms with van der Waals surface area (Å²) in [4.78, 5) is 6.66. The number of benzene rings is 1. The number of aromatic nitrogens is 3. The van der Waals surface area contributed by atoms with Crippen molar-refractivity contribution in [2.75, 3.05) is 11.9 Å². The Balaban J connectivity index is 2.30. The highest BCUT2D eigenvalue weighted by atomic mass is 32.1. The van der Waals surface area contributed by atoms with Crippen molar-refractivity contribution in [1.29, 1.82) is 0 Å². The summed E-state index contributed by atoms with van der Waals surface area (Å²) in [6.45, 7) is 3.80. The van der Waals surface area contributed by atoms with E-state index in [1.807, 2.05) is 50.1 Å². The largest absolute Gasteiger partial charge is 0.389 e. The first-order valence-electron chi connectivity index (χ1n) is 5.80. The molecule has 0 unspecified atom stereocenters. The first-order chi connectivity index (χ1) is 8.99. The van der Waals surface area contributed by atoms with Crippen LogP contribution < -0.4 is 10.6 Å². The molecule has 0 aliphatic rings. The number of nitrogens with two attached hydrogens (primary N) is 1. The molecule has 2 rings (SSSR count). The first kappa shape index (κ1) is 13.4. The van der Waals surface area contributed by atoms with Crippen LogP contribution in [0.1, 0.15) is 17.0 Å². The summed E-state index contributed by atoms with van der Waals surface area (Å²) in [5.41, 5.74) is 9.07. The maximum absolute atomic E-state index is 5.57. The molecule has 1 heterocycles. The van der Waals surface area contributed by atoms with Gasteiger partial charge < -0.3 is 10.6 Å². The molecule has 98 valence electrons. The Bertz CT molecular complexity index is 609. The Morgan fingerprint density at radius 1 is 1.11 bits per heavy atom. The van der Waals surface area contributed by atoms with Crippen molar-refractivity contribution in [2.45, 2.75) is 13.8 Å². The number of thiocarbonyl (C=S) groups is 1. The highest BCUT2D eigenvalue weighted by Crippen LogP contribution is 2.20. The molecule has 2 aromatic rings. The van der Waals surface area contributed by atoms with Gasteiger partial charge in [-0.3, -0.25) is 0 Å². The molecule has 0 aliphatic heterocycles. The molecule has 5 nitrogen and oxygen atoms in total. The molecule has 0 spiro atoms. The minimum Gasteiger partial charge on any atom is -0.389 e. The van der Waals surface area contributed by atoms with Crippen LogP contribution in [0.3, 0.4) is 0 Å². The fourth-order valence-corrected chi connectivity index (χ4v) is 1.69. The Kier molecular flexibility index (Phi) is 3.71. The first-order valence-corrected chi connectivity index (χ1v) is 6.21. The third-order valence-corrected chi connectivity index (χ3v) is 3.16. The Morgan fingerprint density at radius 2 is 1.74 bits per heavy atom. The van der Waals surface area contributed by atoms with Crippen LogP contribution in [0.15, 0.2) is 24.3 Å². The number of anilines is 2. The number of nitrogens with zero attached hydrogens (tertiary/aromatic N) is 4. The Labute approximate surface area is 117 Å². The molecule has 0 radical (unpaired) electrons. The van der Waals surface area contributed by atoms with E-state index in [1.54, 1.807) is 0 Å². The maximum Gasteiger partial charge on any atom is 0.249 e. The van der Waals surface area contributed by atoms with Gasteiger partial charge >= 0.3 is 0 Å². The van der Waals surface area contributed by atoms with Crippen LogP contribution in [0.5, 0.6) is 0 Å². The second-order valence-corrected chi connectivity index (χ2v) is 4.69. The predicted octanol–water partition coefficient (Wildman–Crippen LogP) is 1.89. The summed E-state index contributed by atoms with van der Waals surface area (Å²) in [6.07, 6.45) is 0. The van der Waals surface area contributed by atoms with Crippen molar-refractivity contribution in [3.05, 3.63) is 41.2 Å². The summed E-state index contributed by atoms with van der Waals surface area (Å²) >= 11 is 4.93. The fraction of sp³-hybridized carbons (Fsp3) is 0.231. The number of hydrogen-bond donors (Lipinski definition) is 1. The second-order valence-electron chi connectivity index (χ2n) is 4.25. The molecule has 1 aromatic heterocycles. The zero-order chi connectivity index (χ0) is 14.0. The summed E-state index contributed by atoms with van der Waals surface area (Å²) in [6, 6.07) is 7.60. The normalized spacial score (nSPS) is 10.3. The highest BCUT2D eigenvalue weighted by Gasteiger charge is 2.09. The lowest BCUT2D eigenvalue weighted by atomic mass is 10.2. The Morgan fingerprint density at radius 3 is 2.26 bits per heavy atom. The van der Waals surface area contributed by atoms with Crippen LogP contribution in [0.4, 0.5) is 11.6 Å². The summed E-state index contributed by atoms with van der Waals surface area (Å²) < 4.78 is 0. The van der Waals surface area contributed by atoms with Gasteiger partial charge in [-0.25, -0.2) is 4.98 Å². The lowest BCUT2D eigenvalue weighted by molar-refractivity contribution is 0.871. The lowest BCUT2D eigenvalue weighted by Crippen LogP contribution is -2.15. The van der Waals surface area contributed by atoms with Crippen molar-refractivity contribution in [3.8, 4) is 0 Å². The second kappa shape index (κ2) is 5.27. The molecule has 0 atom stereocenters. The smallest absolute Gasteiger partial charge is 0.249 e. The third kappa shape index (κ3) is 2.85. The summed E-state index contributed by atoms with van der Waals surface area (Å²) in [7, 11) is 1.89. The molecule has 6 heteroatoms. The topological polar surface area (TPSA) is 67.9 Å². The molecule has 0 amide bonds. The third-order valence-electron chi connectivity index (χ3n) is 2.92. The van der Waals surface area contributed by atoms with Gasteiger partial charge in [0.2, 0.25) is 5.95 Å². The van der Waals surface area contributed by atoms with E-state index in [4.69, 9.17) is 18.0 Å². The molecule has 0 saturated heterocycles. The van der Waals surface area contributed by atoms with E-state index in [-0.39, 0.29) is 0 Å². The monoisotopic (exact) mass is 273 g/mol. The van der Waals surface area contributed by atoms with Crippen LogP contribution in [-0.4, -0.2) is 27.2 Å². The lowest BCUT2D eigenvalue weighted by Gasteiger charge is -2.17. The summed E-state index contributed by atoms with van der Waals surface area (Å²) in [5, 5.41) is 8.16. The van der Waals surface area contributed by atoms with Crippen LogP contribution in [0.2, 0.25) is 0 Å². The van der Waals surface area contributed by atoms with Gasteiger partial charge in [-0.05, 0) is 38.1 Å². The quantitative estimate of drug-likeness (QED) is 0.861. The molecule has 19 heavy (non-hydrogen) atoms. The SMILES string of the molecule is Cc1nnc(N(C)c2ccc(C(N)=S)cc2)nc1C. The maximum atomic E-state index is 5.57. The van der Waals surface area contributed by atoms with Crippen LogP contribution in [0.25, 0.3) is 0 Å². The van der Waals surface area contributed by atoms with Crippen molar-refractivity contribution in [1.82, 2.24) is 15.2 Å². The zero-order valence-corrected chi connectivity index (χ0v) is 11.9. The van der Waals surface area contributed by atoms with E-state index in [2.05, 4.69) is 15.2 Å². The molecule has 1 aromatic carbocycles. The van der Waals surface area contributed by atoms with Gasteiger partial charge in [-0.1, -0.05) is 12.2 Å². The molecular formula is C13H15N5S. The van der Waals surface area contributed by atoms with Gasteiger partial charge in [0.15, 0.2) is 0 Å². The molecule has 0 bridgehead atoms. The van der Waals surface area contributed by atoms with Gasteiger partial charge in [0, 0.05) is 18.3 Å². The van der Waals surface area contributed by atoms with Crippen LogP contribution in [0, 0.1) is 13.8 Å². The number of hydrogen-bond acceptors (Lipinski definition) is 5. The van der Waals surface area contributed by atoms with E-state index in [0.29, 0.717) is 10.9 Å². The predicted molar refractivity (Wildman–Crippen MR) is 79.7 cm³/mol. The van der Waals surface area contributed by atoms with Gasteiger partial charge in [-0.2, -0.15) is 5.10 Å². The van der Waals surface area contributed by atoms with Gasteiger partial charge in [0.05, 0.1) is 11.4 Å². The zero-order valence-electron chi connectivity index (χ0n) is 11.1. The van der Waals surface area contributed by atoms with Crippen LogP contribution in [-0.2, 0) is 0 Å². The van der Waals surface area contributed by atoms with Gasteiger partial charge in [0.1, 0.15) is 4.99 Å². The van der Waals surface area contributed by atoms with Crippen LogP contribution >= 0.6 is 12.2 Å². The van der Waals surface area contributed by atoms with E-state index in [9.17, 15) is 0 Å². The van der Waals surface area contributed by atoms with Gasteiger partial charge in [-0.15, -0.1) is 5.10 Å². The molecular weight excluding hydrogens is 258 g/mol. The molecule has 0 saturated carbocycles. The van der Waals surface area contributed by atoms with E-state index < -0.39 is 0 Å². The van der Waals surface area contributed by atoms with Crippen molar-refractivity contribution in [2.24, 2.45) is 5.73 Å². The van der Waals surface area contributed by atoms with E-state index in [1.165, 1.54) is 0 Å². The molecule has 0 fully saturated rings. The fourth-order valence-electron chi connectivity index (χ4n) is 1.55. The minimum atomic E-state index is 0.387. The van der Waals surface area contributed by atoms with E-state index >= 15 is 0 Å². The van der Waals surface area contributed by atoms with Crippen molar-refractivity contribution >= 4 is 28.8 Å². The molecule has 0 aliphatic carbocycles. The standard InChI is InChI=1S/C13H15N5S/c1-8-9(2)16-17-13(15-8)18(3)11-6-4-10(5-7-11)12(14)19/h4-7H,1-3H3,(H2,14,19). The average molecular weight is 273 g/mol. The van der Waals surface area contributed by atoms with Crippen molar-refractivity contribution < 1.29 is 0 Å². The average Bonchev–Trinajstić information content (AvgIpc) is 2.41. The van der Waals surface area contributed by atoms with E-state index in [0.717, 1.165) is 22.6 Å². The van der Waals surface area contributed by atoms with Gasteiger partial charge in [0.25, 0.3) is 0 Å². The highest BCUT2D eigenvalue weighted by molar-refractivity contribution is 7.80. The minimum absolute atomic E-state index is 0.387. The Hall–Kier alpha value is -2.08.